The van der Waals surface area contributed by atoms with E-state index in [2.05, 4.69) is 40.7 Å². The average molecular weight is 1250 g/mol. The Morgan fingerprint density at radius 1 is 0.563 bits per heavy atom. The summed E-state index contributed by atoms with van der Waals surface area (Å²) in [6, 6.07) is 0. The first kappa shape index (κ1) is 68.0. The first-order valence-corrected chi connectivity index (χ1v) is 30.9. The fourth-order valence-corrected chi connectivity index (χ4v) is 17.7. The molecule has 5 saturated heterocycles. The Morgan fingerprint density at radius 3 is 1.80 bits per heavy atom. The quantitative estimate of drug-likeness (QED) is 0.0442. The Balaban J connectivity index is 0.833. The molecule has 0 aromatic rings. The second kappa shape index (κ2) is 25.1. The number of ether oxygens (including phenoxy) is 10. The first-order valence-electron chi connectivity index (χ1n) is 30.9. The topological polar surface area (TPSA) is 453 Å². The van der Waals surface area contributed by atoms with Gasteiger partial charge in [0.25, 0.3) is 0 Å². The Morgan fingerprint density at radius 2 is 1.15 bits per heavy atom. The molecule has 0 spiro atoms. The smallest absolute Gasteiger partial charge is 0.317 e. The summed E-state index contributed by atoms with van der Waals surface area (Å²) in [5.41, 5.74) is -3.37. The molecule has 28 nitrogen and oxygen atoms in total. The van der Waals surface area contributed by atoms with Crippen molar-refractivity contribution in [1.82, 2.24) is 0 Å². The van der Waals surface area contributed by atoms with Crippen molar-refractivity contribution in [3.8, 4) is 0 Å². The zero-order chi connectivity index (χ0) is 63.6. The molecule has 87 heavy (non-hydrogen) atoms. The molecule has 0 amide bonds. The molecule has 5 heterocycles. The molecule has 10 aliphatic rings. The van der Waals surface area contributed by atoms with Crippen molar-refractivity contribution in [2.24, 2.45) is 50.2 Å². The third kappa shape index (κ3) is 11.3. The van der Waals surface area contributed by atoms with Crippen molar-refractivity contribution in [3.63, 3.8) is 0 Å². The lowest BCUT2D eigenvalue weighted by Crippen LogP contribution is -2.69. The van der Waals surface area contributed by atoms with Gasteiger partial charge in [-0.25, -0.2) is 0 Å². The number of carbonyl (C=O) groups excluding carboxylic acids is 1. The molecule has 0 unspecified atom stereocenters. The van der Waals surface area contributed by atoms with Gasteiger partial charge in [0.2, 0.25) is 6.29 Å². The minimum atomic E-state index is -1.99. The predicted octanol–water partition coefficient (Wildman–Crippen LogP) is -4.60. The Labute approximate surface area is 504 Å². The van der Waals surface area contributed by atoms with Crippen molar-refractivity contribution in [1.29, 1.82) is 0 Å². The molecule has 5 aliphatic carbocycles. The Bertz CT molecular complexity index is 2420. The lowest BCUT2D eigenvalue weighted by atomic mass is 9.33. The van der Waals surface area contributed by atoms with Crippen molar-refractivity contribution in [2.45, 2.75) is 266 Å². The largest absolute Gasteiger partial charge is 0.432 e. The molecule has 0 radical (unpaired) electrons. The minimum absolute atomic E-state index is 0.0129. The summed E-state index contributed by atoms with van der Waals surface area (Å²) in [4.78, 5) is 15.3. The van der Waals surface area contributed by atoms with Crippen LogP contribution in [0.2, 0.25) is 0 Å². The van der Waals surface area contributed by atoms with E-state index in [0.29, 0.717) is 44.9 Å². The van der Waals surface area contributed by atoms with E-state index in [-0.39, 0.29) is 43.3 Å². The fourth-order valence-electron chi connectivity index (χ4n) is 17.7. The van der Waals surface area contributed by atoms with Crippen LogP contribution >= 0.6 is 0 Å². The van der Waals surface area contributed by atoms with Gasteiger partial charge in [-0.3, -0.25) is 4.79 Å². The normalized spacial score (nSPS) is 55.1. The number of hydrogen-bond donors (Lipinski definition) is 17. The lowest BCUT2D eigenvalue weighted by Gasteiger charge is -2.72. The van der Waals surface area contributed by atoms with Crippen molar-refractivity contribution in [2.75, 3.05) is 33.0 Å². The molecule has 4 saturated carbocycles. The van der Waals surface area contributed by atoms with Gasteiger partial charge in [-0.05, 0) is 104 Å². The Kier molecular flexibility index (Phi) is 19.7. The highest BCUT2D eigenvalue weighted by atomic mass is 16.8. The maximum Gasteiger partial charge on any atom is 0.317 e. The van der Waals surface area contributed by atoms with E-state index in [1.165, 1.54) is 6.92 Å². The van der Waals surface area contributed by atoms with Crippen LogP contribution in [0.15, 0.2) is 11.6 Å². The zero-order valence-corrected chi connectivity index (χ0v) is 50.3. The van der Waals surface area contributed by atoms with Gasteiger partial charge in [-0.15, -0.1) is 0 Å². The maximum atomic E-state index is 15.3. The van der Waals surface area contributed by atoms with Gasteiger partial charge in [-0.1, -0.05) is 53.2 Å². The molecule has 17 N–H and O–H groups in total. The van der Waals surface area contributed by atoms with Gasteiger partial charge >= 0.3 is 5.97 Å². The maximum absolute atomic E-state index is 15.3. The third-order valence-corrected chi connectivity index (χ3v) is 23.2. The van der Waals surface area contributed by atoms with Gasteiger partial charge in [-0.2, -0.15) is 0 Å². The van der Waals surface area contributed by atoms with Crippen molar-refractivity contribution >= 4 is 5.97 Å². The monoisotopic (exact) mass is 1250 g/mol. The van der Waals surface area contributed by atoms with E-state index in [9.17, 15) is 86.8 Å². The van der Waals surface area contributed by atoms with Crippen LogP contribution in [0, 0.1) is 50.2 Å². The van der Waals surface area contributed by atoms with E-state index in [1.807, 2.05) is 6.92 Å². The average Bonchev–Trinajstić information content (AvgIpc) is 0.917. The van der Waals surface area contributed by atoms with Gasteiger partial charge in [0, 0.05) is 5.41 Å². The molecule has 0 aromatic carbocycles. The summed E-state index contributed by atoms with van der Waals surface area (Å²) in [6.07, 6.45) is -35.1. The molecule has 0 bridgehead atoms. The predicted molar refractivity (Wildman–Crippen MR) is 291 cm³/mol. The van der Waals surface area contributed by atoms with Crippen LogP contribution in [-0.2, 0) is 52.2 Å². The van der Waals surface area contributed by atoms with Crippen LogP contribution < -0.4 is 0 Å². The van der Waals surface area contributed by atoms with E-state index in [4.69, 9.17) is 47.4 Å². The molecular weight excluding hydrogens is 1160 g/mol. The molecule has 9 fully saturated rings. The summed E-state index contributed by atoms with van der Waals surface area (Å²) >= 11 is 0. The molecule has 34 atom stereocenters. The summed E-state index contributed by atoms with van der Waals surface area (Å²) in [7, 11) is 0. The number of allylic oxidation sites excluding steroid dienone is 2. The zero-order valence-electron chi connectivity index (χ0n) is 50.3. The summed E-state index contributed by atoms with van der Waals surface area (Å²) in [5.74, 6) is -1.61. The van der Waals surface area contributed by atoms with Crippen LogP contribution in [0.25, 0.3) is 0 Å². The van der Waals surface area contributed by atoms with Crippen LogP contribution in [-0.4, -0.2) is 285 Å². The minimum Gasteiger partial charge on any atom is -0.432 e. The summed E-state index contributed by atoms with van der Waals surface area (Å²) < 4.78 is 58.5. The second-order valence-electron chi connectivity index (χ2n) is 28.6. The van der Waals surface area contributed by atoms with Crippen LogP contribution in [0.5, 0.6) is 0 Å². The van der Waals surface area contributed by atoms with Crippen LogP contribution in [0.3, 0.4) is 0 Å². The van der Waals surface area contributed by atoms with Crippen LogP contribution in [0.4, 0.5) is 0 Å². The number of hydrogen-bond acceptors (Lipinski definition) is 28. The SMILES string of the molecule is C[C@@H]1O[C@@H](O[C@H]2[C@H](O)[C@@H](O)[C@H](OC[C@H]3O[C@@H](OC(=O)[C@]45CCC(C)(C)C[C@H]4C4=CC[C@@H]6[C@@]7(C)CC[C@H](O[C@@H]8OC[C@H](O)[C@H](O[C@@H]9O[C@H](CO)[C@@H](O)[C@H](O)[C@H]9O)[C@H]8O)[C@@](C)(CO)[C@@H]7CC[C@@]6(C)[C@]4(C)C[C@H]5O)[C@H](O)[C@@H](O)[C@@H]3O)O[C@@H]2CO)[C@H](O)[C@H](O)[C@H]1O. The Hall–Kier alpha value is -1.83. The highest BCUT2D eigenvalue weighted by Crippen LogP contribution is 2.76. The summed E-state index contributed by atoms with van der Waals surface area (Å²) in [5, 5.41) is 185. The number of aliphatic hydroxyl groups is 17. The summed E-state index contributed by atoms with van der Waals surface area (Å²) in [6.45, 7) is 11.3. The van der Waals surface area contributed by atoms with E-state index < -0.39 is 218 Å². The molecule has 5 aliphatic heterocycles. The van der Waals surface area contributed by atoms with Gasteiger partial charge < -0.3 is 134 Å². The first-order chi connectivity index (χ1) is 40.8. The lowest BCUT2D eigenvalue weighted by molar-refractivity contribution is -0.361. The van der Waals surface area contributed by atoms with E-state index in [0.717, 1.165) is 5.57 Å². The number of carbonyl (C=O) groups is 1. The van der Waals surface area contributed by atoms with Gasteiger partial charge in [0.15, 0.2) is 25.2 Å². The number of esters is 1. The number of fused-ring (bicyclic) bond motifs is 7. The number of rotatable bonds is 14. The van der Waals surface area contributed by atoms with E-state index in [1.54, 1.807) is 0 Å². The number of aliphatic hydroxyl groups excluding tert-OH is 17. The molecule has 0 aromatic heterocycles. The highest BCUT2D eigenvalue weighted by Gasteiger charge is 2.73. The second-order valence-corrected chi connectivity index (χ2v) is 28.6. The third-order valence-electron chi connectivity index (χ3n) is 23.2. The molecular formula is C59H96O28. The standard InChI is InChI=1S/C59H96O28/c1-23-34(65)37(68)41(72)50(80-23)86-47-28(19-61)82-48(44(75)40(47)71)79-21-29-36(67)39(70)43(74)52(83-29)87-53(77)59-15-14-54(2,3)16-25(59)24-8-9-31-55(4)12-11-33(56(5,22-62)30(55)10-13-57(31,6)58(24,7)17-32(59)64)84-49-45(76)46(26(63)20-78-49)85-51-42(73)38(69)35(66)27(18-60)81-51/h8,23,25-52,60-76H,9-22H2,1-7H3/t23-,25-,26-,27+,28+,29+,30+,31+,32+,33-,34-,35+,36+,37+,38-,39-,40+,41+,42+,43+,44+,45+,46-,47+,48+,49-,50-,51-,52-,55-,56-,57+,58+,59+/m0/s1. The van der Waals surface area contributed by atoms with Crippen molar-refractivity contribution in [3.05, 3.63) is 11.6 Å². The molecule has 10 rings (SSSR count). The molecule has 500 valence electrons. The van der Waals surface area contributed by atoms with Gasteiger partial charge in [0.05, 0.1) is 51.3 Å². The molecule has 28 heteroatoms. The fraction of sp³-hybridized carbons (Fsp3) is 0.949. The van der Waals surface area contributed by atoms with Gasteiger partial charge in [0.1, 0.15) is 115 Å². The van der Waals surface area contributed by atoms with Crippen LogP contribution in [0.1, 0.15) is 106 Å². The van der Waals surface area contributed by atoms with Crippen molar-refractivity contribution < 1.29 is 139 Å². The highest BCUT2D eigenvalue weighted by molar-refractivity contribution is 5.80. The van der Waals surface area contributed by atoms with E-state index >= 15 is 4.79 Å².